The molecular weight excluding hydrogens is 480 g/mol. The summed E-state index contributed by atoms with van der Waals surface area (Å²) in [4.78, 5) is 29.1. The molecule has 2 aromatic rings. The van der Waals surface area contributed by atoms with Crippen LogP contribution in [0.15, 0.2) is 18.5 Å². The number of nitrogens with one attached hydrogen (secondary N) is 1. The highest BCUT2D eigenvalue weighted by Gasteiger charge is 2.55. The van der Waals surface area contributed by atoms with Crippen molar-refractivity contribution in [2.75, 3.05) is 18.5 Å². The summed E-state index contributed by atoms with van der Waals surface area (Å²) in [6.45, 7) is 3.62. The van der Waals surface area contributed by atoms with Crippen molar-refractivity contribution in [1.82, 2.24) is 14.6 Å². The zero-order chi connectivity index (χ0) is 26.4. The molecule has 37 heavy (non-hydrogen) atoms. The summed E-state index contributed by atoms with van der Waals surface area (Å²) in [6, 6.07) is 3.39. The van der Waals surface area contributed by atoms with Gasteiger partial charge in [-0.15, -0.1) is 0 Å². The highest BCUT2D eigenvalue weighted by molar-refractivity contribution is 5.88. The first-order chi connectivity index (χ1) is 17.9. The van der Waals surface area contributed by atoms with Gasteiger partial charge < -0.3 is 24.4 Å². The van der Waals surface area contributed by atoms with Gasteiger partial charge in [0.05, 0.1) is 18.9 Å². The van der Waals surface area contributed by atoms with Crippen LogP contribution in [0.1, 0.15) is 77.3 Å². The predicted molar refractivity (Wildman–Crippen MR) is 134 cm³/mol. The molecule has 3 N–H and O–H groups in total. The second kappa shape index (κ2) is 12.2. The molecule has 204 valence electrons. The molecule has 0 radical (unpaired) electrons. The summed E-state index contributed by atoms with van der Waals surface area (Å²) in [5.74, 6) is 0.135. The number of nitrogens with zero attached hydrogens (tertiary/aromatic N) is 3. The first-order valence-corrected chi connectivity index (χ1v) is 13.3. The van der Waals surface area contributed by atoms with Gasteiger partial charge in [0, 0.05) is 6.42 Å². The quantitative estimate of drug-likeness (QED) is 0.319. The number of carbonyl (C=O) groups is 2. The van der Waals surface area contributed by atoms with Gasteiger partial charge in [0.1, 0.15) is 29.7 Å². The summed E-state index contributed by atoms with van der Waals surface area (Å²) in [6.07, 6.45) is 5.95. The van der Waals surface area contributed by atoms with E-state index in [-0.39, 0.29) is 11.7 Å². The molecule has 0 spiro atoms. The molecule has 2 aliphatic rings. The number of aromatic nitrogens is 3. The van der Waals surface area contributed by atoms with Crippen LogP contribution in [0.25, 0.3) is 5.52 Å². The van der Waals surface area contributed by atoms with Crippen LogP contribution < -0.4 is 5.32 Å². The van der Waals surface area contributed by atoms with Gasteiger partial charge in [0.15, 0.2) is 11.9 Å². The number of aliphatic hydroxyl groups excluding tert-OH is 2. The first-order valence-electron chi connectivity index (χ1n) is 13.3. The van der Waals surface area contributed by atoms with Gasteiger partial charge in [-0.2, -0.15) is 5.10 Å². The van der Waals surface area contributed by atoms with Crippen molar-refractivity contribution in [3.63, 3.8) is 0 Å². The Labute approximate surface area is 216 Å². The minimum absolute atomic E-state index is 0.243. The van der Waals surface area contributed by atoms with E-state index in [0.29, 0.717) is 24.2 Å². The average Bonchev–Trinajstić information content (AvgIpc) is 3.44. The van der Waals surface area contributed by atoms with Gasteiger partial charge in [-0.3, -0.25) is 10.1 Å². The topological polar surface area (TPSA) is 145 Å². The van der Waals surface area contributed by atoms with Crippen LogP contribution in [-0.4, -0.2) is 68.4 Å². The number of aliphatic hydroxyl groups is 2. The van der Waals surface area contributed by atoms with Gasteiger partial charge >= 0.3 is 12.1 Å². The third-order valence-corrected chi connectivity index (χ3v) is 7.43. The fraction of sp³-hybridized carbons (Fsp3) is 0.692. The smallest absolute Gasteiger partial charge is 0.412 e. The molecule has 11 heteroatoms. The number of esters is 1. The lowest BCUT2D eigenvalue weighted by molar-refractivity contribution is -0.158. The monoisotopic (exact) mass is 518 g/mol. The van der Waals surface area contributed by atoms with Gasteiger partial charge in [-0.1, -0.05) is 39.0 Å². The Balaban J connectivity index is 1.49. The van der Waals surface area contributed by atoms with E-state index in [1.807, 2.05) is 0 Å². The fourth-order valence-electron chi connectivity index (χ4n) is 5.34. The Morgan fingerprint density at radius 2 is 2.03 bits per heavy atom. The Kier molecular flexibility index (Phi) is 8.99. The summed E-state index contributed by atoms with van der Waals surface area (Å²) >= 11 is 0. The summed E-state index contributed by atoms with van der Waals surface area (Å²) < 4.78 is 18.5. The molecule has 11 nitrogen and oxygen atoms in total. The Hall–Kier alpha value is -2.76. The number of fused-ring (bicyclic) bond motifs is 1. The highest BCUT2D eigenvalue weighted by Crippen LogP contribution is 2.42. The molecule has 1 aliphatic carbocycles. The van der Waals surface area contributed by atoms with E-state index in [1.165, 1.54) is 17.3 Å². The molecule has 2 aromatic heterocycles. The second-order valence-electron chi connectivity index (χ2n) is 10.1. The number of rotatable bonds is 10. The normalized spacial score (nSPS) is 26.3. The molecule has 1 amide bonds. The first kappa shape index (κ1) is 27.3. The van der Waals surface area contributed by atoms with Crippen molar-refractivity contribution < 1.29 is 34.0 Å². The largest absolute Gasteiger partial charge is 0.457 e. The van der Waals surface area contributed by atoms with Gasteiger partial charge in [0.25, 0.3) is 0 Å². The standard InChI is InChI=1S/C26H38N4O7/c1-3-4-8-13-35-25(34)29-24-18-11-12-20(30(18)28-16-27-24)26(2)23(33)22(19(15-31)37-26)36-21(32)14-17-9-6-5-7-10-17/h11-12,16-17,19,22-23,31,33H,3-10,13-15H2,1-2H3,(H,27,28,29,34)/t19-,22-,23-,26+/m1/s1. The van der Waals surface area contributed by atoms with Gasteiger partial charge in [0.2, 0.25) is 0 Å². The van der Waals surface area contributed by atoms with Crippen molar-refractivity contribution >= 4 is 23.4 Å². The van der Waals surface area contributed by atoms with Crippen LogP contribution in [0, 0.1) is 5.92 Å². The molecule has 1 saturated heterocycles. The SMILES string of the molecule is CCCCCOC(=O)Nc1ncnn2c([C@]3(C)O[C@H](CO)[C@@H](OC(=O)CC4CCCCC4)[C@H]3O)ccc12. The van der Waals surface area contributed by atoms with E-state index in [4.69, 9.17) is 14.2 Å². The minimum atomic E-state index is -1.35. The molecule has 3 heterocycles. The average molecular weight is 519 g/mol. The predicted octanol–water partition coefficient (Wildman–Crippen LogP) is 3.32. The maximum absolute atomic E-state index is 12.7. The van der Waals surface area contributed by atoms with Crippen LogP contribution >= 0.6 is 0 Å². The van der Waals surface area contributed by atoms with Gasteiger partial charge in [-0.05, 0) is 44.2 Å². The number of amides is 1. The number of anilines is 1. The zero-order valence-corrected chi connectivity index (χ0v) is 21.6. The maximum atomic E-state index is 12.7. The molecule has 0 aromatic carbocycles. The Morgan fingerprint density at radius 1 is 1.24 bits per heavy atom. The van der Waals surface area contributed by atoms with Crippen molar-refractivity contribution in [2.45, 2.75) is 95.5 Å². The van der Waals surface area contributed by atoms with E-state index < -0.39 is 42.6 Å². The van der Waals surface area contributed by atoms with Crippen molar-refractivity contribution in [1.29, 1.82) is 0 Å². The van der Waals surface area contributed by atoms with Crippen LogP contribution in [0.5, 0.6) is 0 Å². The molecule has 0 bridgehead atoms. The summed E-state index contributed by atoms with van der Waals surface area (Å²) in [7, 11) is 0. The van der Waals surface area contributed by atoms with E-state index in [2.05, 4.69) is 22.3 Å². The maximum Gasteiger partial charge on any atom is 0.412 e. The number of hydrogen-bond acceptors (Lipinski definition) is 9. The van der Waals surface area contributed by atoms with E-state index >= 15 is 0 Å². The van der Waals surface area contributed by atoms with Crippen molar-refractivity contribution in [3.8, 4) is 0 Å². The highest BCUT2D eigenvalue weighted by atomic mass is 16.6. The van der Waals surface area contributed by atoms with E-state index in [0.717, 1.165) is 44.9 Å². The lowest BCUT2D eigenvalue weighted by atomic mass is 9.87. The lowest BCUT2D eigenvalue weighted by Gasteiger charge is -2.28. The van der Waals surface area contributed by atoms with Crippen molar-refractivity contribution in [3.05, 3.63) is 24.2 Å². The molecule has 1 aliphatic heterocycles. The fourth-order valence-corrected chi connectivity index (χ4v) is 5.34. The van der Waals surface area contributed by atoms with E-state index in [1.54, 1.807) is 19.1 Å². The molecule has 1 saturated carbocycles. The molecular formula is C26H38N4O7. The van der Waals surface area contributed by atoms with Gasteiger partial charge in [-0.25, -0.2) is 14.3 Å². The summed E-state index contributed by atoms with van der Waals surface area (Å²) in [5.41, 5.74) is -0.415. The number of hydrogen-bond donors (Lipinski definition) is 3. The molecule has 4 rings (SSSR count). The second-order valence-corrected chi connectivity index (χ2v) is 10.1. The number of unbranched alkanes of at least 4 members (excludes halogenated alkanes) is 2. The van der Waals surface area contributed by atoms with Crippen LogP contribution in [-0.2, 0) is 24.6 Å². The number of ether oxygens (including phenoxy) is 3. The zero-order valence-electron chi connectivity index (χ0n) is 21.6. The van der Waals surface area contributed by atoms with Crippen LogP contribution in [0.2, 0.25) is 0 Å². The summed E-state index contributed by atoms with van der Waals surface area (Å²) in [5, 5.41) is 28.2. The van der Waals surface area contributed by atoms with Crippen LogP contribution in [0.3, 0.4) is 0 Å². The third kappa shape index (κ3) is 6.05. The van der Waals surface area contributed by atoms with Crippen molar-refractivity contribution in [2.24, 2.45) is 5.92 Å². The Bertz CT molecular complexity index is 1070. The molecule has 2 fully saturated rings. The Morgan fingerprint density at radius 3 is 2.76 bits per heavy atom. The minimum Gasteiger partial charge on any atom is -0.457 e. The molecule has 4 atom stereocenters. The van der Waals surface area contributed by atoms with Crippen LogP contribution in [0.4, 0.5) is 10.6 Å². The third-order valence-electron chi connectivity index (χ3n) is 7.43. The number of carbonyl (C=O) groups excluding carboxylic acids is 2. The lowest BCUT2D eigenvalue weighted by Crippen LogP contribution is -2.42. The molecule has 0 unspecified atom stereocenters. The van der Waals surface area contributed by atoms with E-state index in [9.17, 15) is 19.8 Å².